The van der Waals surface area contributed by atoms with Crippen molar-refractivity contribution in [3.63, 3.8) is 0 Å². The zero-order valence-electron chi connectivity index (χ0n) is 10.5. The van der Waals surface area contributed by atoms with Crippen molar-refractivity contribution < 1.29 is 9.00 Å². The molecule has 0 radical (unpaired) electrons. The smallest absolute Gasteiger partial charge is 0.255 e. The summed E-state index contributed by atoms with van der Waals surface area (Å²) in [6.07, 6.45) is 9.94. The molecule has 0 bridgehead atoms. The number of amides is 1. The second kappa shape index (κ2) is 4.41. The molecule has 0 spiro atoms. The Morgan fingerprint density at radius 3 is 3.00 bits per heavy atom. The number of nitrogens with one attached hydrogen (secondary N) is 1. The maximum Gasteiger partial charge on any atom is 0.255 e. The molecule has 2 aromatic heterocycles. The van der Waals surface area contributed by atoms with Gasteiger partial charge in [-0.3, -0.25) is 14.0 Å². The second-order valence-corrected chi connectivity index (χ2v) is 6.56. The first-order valence-corrected chi connectivity index (χ1v) is 7.57. The summed E-state index contributed by atoms with van der Waals surface area (Å²) >= 11 is 0. The molecule has 19 heavy (non-hydrogen) atoms. The van der Waals surface area contributed by atoms with Gasteiger partial charge in [0.1, 0.15) is 0 Å². The van der Waals surface area contributed by atoms with Gasteiger partial charge in [-0.1, -0.05) is 0 Å². The molecule has 1 fully saturated rings. The summed E-state index contributed by atoms with van der Waals surface area (Å²) in [7, 11) is -0.903. The number of carbonyl (C=O) groups is 1. The van der Waals surface area contributed by atoms with Gasteiger partial charge in [0.25, 0.3) is 5.91 Å². The first kappa shape index (κ1) is 12.3. The monoisotopic (exact) mass is 278 g/mol. The zero-order valence-corrected chi connectivity index (χ0v) is 11.3. The highest BCUT2D eigenvalue weighted by Crippen LogP contribution is 2.40. The third-order valence-electron chi connectivity index (χ3n) is 3.56. The number of hydrogen-bond donors (Lipinski definition) is 1. The Bertz CT molecular complexity index is 663. The molecular formula is C12H14N4O2S. The highest BCUT2D eigenvalue weighted by Gasteiger charge is 2.46. The Balaban J connectivity index is 1.76. The quantitative estimate of drug-likeness (QED) is 0.876. The van der Waals surface area contributed by atoms with Crippen molar-refractivity contribution in [3.05, 3.63) is 30.4 Å². The molecule has 1 atom stereocenters. The van der Waals surface area contributed by atoms with Gasteiger partial charge in [-0.15, -0.1) is 0 Å². The van der Waals surface area contributed by atoms with Gasteiger partial charge in [0, 0.05) is 36.0 Å². The molecule has 1 saturated carbocycles. The summed E-state index contributed by atoms with van der Waals surface area (Å²) < 4.78 is 13.0. The van der Waals surface area contributed by atoms with E-state index in [1.54, 1.807) is 29.4 Å². The number of rotatable bonds is 4. The first-order chi connectivity index (χ1) is 9.12. The number of carbonyl (C=O) groups excluding carboxylic acids is 1. The van der Waals surface area contributed by atoms with Crippen LogP contribution in [-0.2, 0) is 10.8 Å². The molecule has 0 aromatic carbocycles. The minimum absolute atomic E-state index is 0.195. The van der Waals surface area contributed by atoms with Gasteiger partial charge in [0.2, 0.25) is 0 Å². The van der Waals surface area contributed by atoms with Crippen LogP contribution in [0.4, 0.5) is 0 Å². The summed E-state index contributed by atoms with van der Waals surface area (Å²) in [5, 5.41) is 6.94. The Morgan fingerprint density at radius 1 is 1.53 bits per heavy atom. The van der Waals surface area contributed by atoms with Gasteiger partial charge < -0.3 is 5.32 Å². The largest absolute Gasteiger partial charge is 0.350 e. The van der Waals surface area contributed by atoms with Crippen LogP contribution in [0.5, 0.6) is 0 Å². The average molecular weight is 278 g/mol. The lowest BCUT2D eigenvalue weighted by Crippen LogP contribution is -2.35. The Labute approximate surface area is 112 Å². The normalized spacial score (nSPS) is 18.2. The van der Waals surface area contributed by atoms with E-state index in [1.165, 1.54) is 6.20 Å². The van der Waals surface area contributed by atoms with Crippen LogP contribution in [-0.4, -0.2) is 42.3 Å². The van der Waals surface area contributed by atoms with Crippen LogP contribution in [0, 0.1) is 0 Å². The van der Waals surface area contributed by atoms with Gasteiger partial charge >= 0.3 is 0 Å². The molecule has 1 aliphatic rings. The van der Waals surface area contributed by atoms with Crippen molar-refractivity contribution >= 4 is 22.2 Å². The van der Waals surface area contributed by atoms with Crippen LogP contribution in [0.3, 0.4) is 0 Å². The van der Waals surface area contributed by atoms with Gasteiger partial charge in [-0.05, 0) is 12.8 Å². The summed E-state index contributed by atoms with van der Waals surface area (Å²) in [4.78, 5) is 16.1. The lowest BCUT2D eigenvalue weighted by atomic mass is 10.2. The number of hydrogen-bond acceptors (Lipinski definition) is 4. The fourth-order valence-corrected chi connectivity index (χ4v) is 3.00. The van der Waals surface area contributed by atoms with Crippen molar-refractivity contribution in [1.82, 2.24) is 19.9 Å². The van der Waals surface area contributed by atoms with Crippen LogP contribution in [0.2, 0.25) is 0 Å². The van der Waals surface area contributed by atoms with E-state index in [2.05, 4.69) is 15.4 Å². The molecule has 1 aliphatic carbocycles. The molecular weight excluding hydrogens is 264 g/mol. The molecule has 1 N–H and O–H groups in total. The summed E-state index contributed by atoms with van der Waals surface area (Å²) in [5.41, 5.74) is 1.16. The zero-order chi connectivity index (χ0) is 13.5. The maximum atomic E-state index is 12.1. The minimum atomic E-state index is -0.903. The molecule has 0 saturated heterocycles. The molecule has 7 heteroatoms. The first-order valence-electron chi connectivity index (χ1n) is 6.01. The Hall–Kier alpha value is -1.76. The minimum Gasteiger partial charge on any atom is -0.350 e. The summed E-state index contributed by atoms with van der Waals surface area (Å²) in [6.45, 7) is 0.451. The predicted octanol–water partition coefficient (Wildman–Crippen LogP) is 0.370. The van der Waals surface area contributed by atoms with Crippen molar-refractivity contribution in [2.75, 3.05) is 12.8 Å². The van der Waals surface area contributed by atoms with Crippen LogP contribution in [0.15, 0.2) is 24.8 Å². The van der Waals surface area contributed by atoms with E-state index in [4.69, 9.17) is 0 Å². The second-order valence-electron chi connectivity index (χ2n) is 4.78. The van der Waals surface area contributed by atoms with E-state index in [9.17, 15) is 9.00 Å². The Morgan fingerprint density at radius 2 is 2.32 bits per heavy atom. The van der Waals surface area contributed by atoms with Crippen molar-refractivity contribution in [2.24, 2.45) is 0 Å². The van der Waals surface area contributed by atoms with E-state index < -0.39 is 10.8 Å². The average Bonchev–Trinajstić information content (AvgIpc) is 3.09. The van der Waals surface area contributed by atoms with E-state index >= 15 is 0 Å². The molecule has 0 aliphatic heterocycles. The highest BCUT2D eigenvalue weighted by molar-refractivity contribution is 7.86. The fourth-order valence-electron chi connectivity index (χ4n) is 2.05. The van der Waals surface area contributed by atoms with Crippen molar-refractivity contribution in [1.29, 1.82) is 0 Å². The maximum absolute atomic E-state index is 12.1. The molecule has 3 rings (SSSR count). The third-order valence-corrected chi connectivity index (χ3v) is 5.33. The number of nitrogens with zero attached hydrogens (tertiary/aromatic N) is 3. The number of fused-ring (bicyclic) bond motifs is 1. The molecule has 2 aromatic rings. The SMILES string of the molecule is CS(=O)C1(CNC(=O)c2cnn3ccncc23)CC1. The van der Waals surface area contributed by atoms with E-state index in [1.807, 2.05) is 0 Å². The summed E-state index contributed by atoms with van der Waals surface area (Å²) in [5.74, 6) is -0.195. The third kappa shape index (κ3) is 2.14. The molecule has 1 amide bonds. The van der Waals surface area contributed by atoms with Crippen LogP contribution < -0.4 is 5.32 Å². The lowest BCUT2D eigenvalue weighted by Gasteiger charge is -2.12. The lowest BCUT2D eigenvalue weighted by molar-refractivity contribution is 0.0954. The highest BCUT2D eigenvalue weighted by atomic mass is 32.2. The molecule has 6 nitrogen and oxygen atoms in total. The summed E-state index contributed by atoms with van der Waals surface area (Å²) in [6, 6.07) is 0. The van der Waals surface area contributed by atoms with Crippen LogP contribution in [0.25, 0.3) is 5.52 Å². The van der Waals surface area contributed by atoms with E-state index in [-0.39, 0.29) is 10.7 Å². The standard InChI is InChI=1S/C12H14N4O2S/c1-19(18)12(2-3-12)8-14-11(17)9-6-15-16-5-4-13-7-10(9)16/h4-7H,2-3,8H2,1H3,(H,14,17). The molecule has 100 valence electrons. The van der Waals surface area contributed by atoms with E-state index in [0.717, 1.165) is 12.8 Å². The topological polar surface area (TPSA) is 76.4 Å². The Kier molecular flexibility index (Phi) is 2.85. The van der Waals surface area contributed by atoms with Gasteiger partial charge in [0.05, 0.1) is 28.2 Å². The fraction of sp³-hybridized carbons (Fsp3) is 0.417. The number of aromatic nitrogens is 3. The van der Waals surface area contributed by atoms with Crippen LogP contribution in [0.1, 0.15) is 23.2 Å². The molecule has 2 heterocycles. The molecule has 1 unspecified atom stereocenters. The van der Waals surface area contributed by atoms with Crippen molar-refractivity contribution in [3.8, 4) is 0 Å². The van der Waals surface area contributed by atoms with Crippen LogP contribution >= 0.6 is 0 Å². The van der Waals surface area contributed by atoms with Gasteiger partial charge in [0.15, 0.2) is 0 Å². The van der Waals surface area contributed by atoms with Crippen molar-refractivity contribution in [2.45, 2.75) is 17.6 Å². The predicted molar refractivity (Wildman–Crippen MR) is 71.4 cm³/mol. The van der Waals surface area contributed by atoms with Gasteiger partial charge in [-0.25, -0.2) is 4.52 Å². The van der Waals surface area contributed by atoms with Gasteiger partial charge in [-0.2, -0.15) is 5.10 Å². The van der Waals surface area contributed by atoms with E-state index in [0.29, 0.717) is 17.6 Å².